The van der Waals surface area contributed by atoms with E-state index in [1.54, 1.807) is 0 Å². The van der Waals surface area contributed by atoms with Crippen LogP contribution in [-0.2, 0) is 17.6 Å². The molecular formula is C16H18N2O2. The SMILES string of the molecule is Cc1ccc(-n2ncc3c2CCC(C(=O)O)C3)cc1C. The first-order valence-electron chi connectivity index (χ1n) is 6.92. The minimum absolute atomic E-state index is 0.264. The van der Waals surface area contributed by atoms with Gasteiger partial charge in [0, 0.05) is 5.69 Å². The van der Waals surface area contributed by atoms with E-state index in [0.717, 1.165) is 23.4 Å². The highest BCUT2D eigenvalue weighted by molar-refractivity contribution is 5.71. The number of hydrogen-bond acceptors (Lipinski definition) is 2. The molecule has 1 aliphatic rings. The van der Waals surface area contributed by atoms with Crippen LogP contribution in [0.15, 0.2) is 24.4 Å². The van der Waals surface area contributed by atoms with Crippen molar-refractivity contribution in [3.8, 4) is 5.69 Å². The fourth-order valence-corrected chi connectivity index (χ4v) is 2.81. The van der Waals surface area contributed by atoms with E-state index in [9.17, 15) is 4.79 Å². The standard InChI is InChI=1S/C16H18N2O2/c1-10-3-5-14(7-11(10)2)18-15-6-4-12(16(19)20)8-13(15)9-17-18/h3,5,7,9,12H,4,6,8H2,1-2H3,(H,19,20). The van der Waals surface area contributed by atoms with Gasteiger partial charge in [-0.15, -0.1) is 0 Å². The number of fused-ring (bicyclic) bond motifs is 1. The number of nitrogens with zero attached hydrogens (tertiary/aromatic N) is 2. The molecule has 2 aromatic rings. The number of aromatic nitrogens is 2. The van der Waals surface area contributed by atoms with Crippen LogP contribution in [0.4, 0.5) is 0 Å². The summed E-state index contributed by atoms with van der Waals surface area (Å²) in [6.07, 6.45) is 3.88. The summed E-state index contributed by atoms with van der Waals surface area (Å²) >= 11 is 0. The molecule has 0 saturated heterocycles. The smallest absolute Gasteiger partial charge is 0.306 e. The first-order valence-corrected chi connectivity index (χ1v) is 6.92. The van der Waals surface area contributed by atoms with Crippen LogP contribution >= 0.6 is 0 Å². The highest BCUT2D eigenvalue weighted by atomic mass is 16.4. The monoisotopic (exact) mass is 270 g/mol. The summed E-state index contributed by atoms with van der Waals surface area (Å²) in [4.78, 5) is 11.1. The first-order chi connectivity index (χ1) is 9.56. The largest absolute Gasteiger partial charge is 0.481 e. The zero-order valence-corrected chi connectivity index (χ0v) is 11.8. The van der Waals surface area contributed by atoms with E-state index < -0.39 is 5.97 Å². The molecule has 0 spiro atoms. The Labute approximate surface area is 118 Å². The highest BCUT2D eigenvalue weighted by Crippen LogP contribution is 2.27. The van der Waals surface area contributed by atoms with Crippen LogP contribution in [0.1, 0.15) is 28.8 Å². The molecule has 0 amide bonds. The molecule has 4 heteroatoms. The topological polar surface area (TPSA) is 55.1 Å². The molecule has 1 aromatic carbocycles. The molecule has 4 nitrogen and oxygen atoms in total. The average molecular weight is 270 g/mol. The van der Waals surface area contributed by atoms with Crippen molar-refractivity contribution < 1.29 is 9.90 Å². The lowest BCUT2D eigenvalue weighted by Crippen LogP contribution is -2.22. The molecule has 20 heavy (non-hydrogen) atoms. The second kappa shape index (κ2) is 4.78. The van der Waals surface area contributed by atoms with Gasteiger partial charge < -0.3 is 5.11 Å². The van der Waals surface area contributed by atoms with Crippen LogP contribution in [0, 0.1) is 19.8 Å². The van der Waals surface area contributed by atoms with Gasteiger partial charge in [-0.2, -0.15) is 5.10 Å². The maximum absolute atomic E-state index is 11.1. The number of carbonyl (C=O) groups is 1. The normalized spacial score (nSPS) is 17.8. The van der Waals surface area contributed by atoms with E-state index in [0.29, 0.717) is 12.8 Å². The Morgan fingerprint density at radius 2 is 2.15 bits per heavy atom. The number of carboxylic acids is 1. The summed E-state index contributed by atoms with van der Waals surface area (Å²) < 4.78 is 1.96. The summed E-state index contributed by atoms with van der Waals surface area (Å²) in [5.74, 6) is -0.963. The van der Waals surface area contributed by atoms with Crippen LogP contribution in [0.25, 0.3) is 5.69 Å². The third-order valence-electron chi connectivity index (χ3n) is 4.24. The van der Waals surface area contributed by atoms with Gasteiger partial charge >= 0.3 is 5.97 Å². The molecule has 1 aliphatic carbocycles. The third kappa shape index (κ3) is 2.11. The van der Waals surface area contributed by atoms with Crippen LogP contribution in [-0.4, -0.2) is 20.9 Å². The van der Waals surface area contributed by atoms with Gasteiger partial charge in [-0.25, -0.2) is 4.68 Å². The lowest BCUT2D eigenvalue weighted by Gasteiger charge is -2.19. The Morgan fingerprint density at radius 3 is 2.85 bits per heavy atom. The molecule has 0 radical (unpaired) electrons. The van der Waals surface area contributed by atoms with E-state index in [1.807, 2.05) is 10.9 Å². The molecule has 1 N–H and O–H groups in total. The van der Waals surface area contributed by atoms with Crippen molar-refractivity contribution in [1.82, 2.24) is 9.78 Å². The molecule has 0 aliphatic heterocycles. The Hall–Kier alpha value is -2.10. The Bertz CT molecular complexity index is 673. The molecule has 0 bridgehead atoms. The Kier molecular flexibility index (Phi) is 3.08. The Balaban J connectivity index is 1.97. The Morgan fingerprint density at radius 1 is 1.35 bits per heavy atom. The summed E-state index contributed by atoms with van der Waals surface area (Å²) in [6.45, 7) is 4.18. The molecule has 1 aromatic heterocycles. The molecule has 1 atom stereocenters. The summed E-state index contributed by atoms with van der Waals surface area (Å²) in [7, 11) is 0. The minimum Gasteiger partial charge on any atom is -0.481 e. The van der Waals surface area contributed by atoms with Crippen molar-refractivity contribution >= 4 is 5.97 Å². The number of aryl methyl sites for hydroxylation is 2. The van der Waals surface area contributed by atoms with E-state index in [2.05, 4.69) is 37.1 Å². The van der Waals surface area contributed by atoms with E-state index in [4.69, 9.17) is 5.11 Å². The van der Waals surface area contributed by atoms with Crippen LogP contribution in [0.5, 0.6) is 0 Å². The number of rotatable bonds is 2. The molecule has 0 saturated carbocycles. The zero-order valence-electron chi connectivity index (χ0n) is 11.8. The van der Waals surface area contributed by atoms with Gasteiger partial charge in [0.25, 0.3) is 0 Å². The molecule has 1 unspecified atom stereocenters. The maximum atomic E-state index is 11.1. The molecule has 104 valence electrons. The van der Waals surface area contributed by atoms with Crippen molar-refractivity contribution in [2.45, 2.75) is 33.1 Å². The minimum atomic E-state index is -0.699. The number of hydrogen-bond donors (Lipinski definition) is 1. The van der Waals surface area contributed by atoms with Gasteiger partial charge in [-0.05, 0) is 61.9 Å². The average Bonchev–Trinajstić information content (AvgIpc) is 2.84. The van der Waals surface area contributed by atoms with Crippen LogP contribution < -0.4 is 0 Å². The predicted molar refractivity (Wildman–Crippen MR) is 76.2 cm³/mol. The van der Waals surface area contributed by atoms with E-state index in [1.165, 1.54) is 11.1 Å². The molecule has 3 rings (SSSR count). The second-order valence-electron chi connectivity index (χ2n) is 5.57. The summed E-state index contributed by atoms with van der Waals surface area (Å²) in [5.41, 5.74) is 5.79. The van der Waals surface area contributed by atoms with Gasteiger partial charge in [-0.3, -0.25) is 4.79 Å². The number of carboxylic acid groups (broad SMARTS) is 1. The fourth-order valence-electron chi connectivity index (χ4n) is 2.81. The fraction of sp³-hybridized carbons (Fsp3) is 0.375. The summed E-state index contributed by atoms with van der Waals surface area (Å²) in [5, 5.41) is 13.6. The van der Waals surface area contributed by atoms with Crippen molar-refractivity contribution in [3.63, 3.8) is 0 Å². The van der Waals surface area contributed by atoms with Crippen molar-refractivity contribution in [2.24, 2.45) is 5.92 Å². The number of benzene rings is 1. The van der Waals surface area contributed by atoms with Gasteiger partial charge in [-0.1, -0.05) is 6.07 Å². The zero-order chi connectivity index (χ0) is 14.3. The van der Waals surface area contributed by atoms with Crippen molar-refractivity contribution in [3.05, 3.63) is 46.8 Å². The van der Waals surface area contributed by atoms with E-state index in [-0.39, 0.29) is 5.92 Å². The van der Waals surface area contributed by atoms with Gasteiger partial charge in [0.2, 0.25) is 0 Å². The van der Waals surface area contributed by atoms with Crippen LogP contribution in [0.3, 0.4) is 0 Å². The first kappa shape index (κ1) is 12.9. The third-order valence-corrected chi connectivity index (χ3v) is 4.24. The molecule has 1 heterocycles. The predicted octanol–water partition coefficient (Wildman–Crippen LogP) is 2.68. The van der Waals surface area contributed by atoms with Gasteiger partial charge in [0.15, 0.2) is 0 Å². The maximum Gasteiger partial charge on any atom is 0.306 e. The number of aliphatic carboxylic acids is 1. The lowest BCUT2D eigenvalue weighted by molar-refractivity contribution is -0.142. The highest BCUT2D eigenvalue weighted by Gasteiger charge is 2.27. The van der Waals surface area contributed by atoms with E-state index >= 15 is 0 Å². The van der Waals surface area contributed by atoms with Crippen molar-refractivity contribution in [1.29, 1.82) is 0 Å². The van der Waals surface area contributed by atoms with Gasteiger partial charge in [0.05, 0.1) is 17.8 Å². The van der Waals surface area contributed by atoms with Crippen LogP contribution in [0.2, 0.25) is 0 Å². The molecular weight excluding hydrogens is 252 g/mol. The quantitative estimate of drug-likeness (QED) is 0.912. The lowest BCUT2D eigenvalue weighted by atomic mass is 9.88. The van der Waals surface area contributed by atoms with Gasteiger partial charge in [0.1, 0.15) is 0 Å². The molecule has 0 fully saturated rings. The second-order valence-corrected chi connectivity index (χ2v) is 5.57. The van der Waals surface area contributed by atoms with Crippen molar-refractivity contribution in [2.75, 3.05) is 0 Å². The summed E-state index contributed by atoms with van der Waals surface area (Å²) in [6, 6.07) is 6.30.